The summed E-state index contributed by atoms with van der Waals surface area (Å²) in [6.07, 6.45) is 1.43. The molecule has 6 heteroatoms. The molecular weight excluding hydrogens is 323 g/mol. The van der Waals surface area contributed by atoms with E-state index in [-0.39, 0.29) is 12.0 Å². The van der Waals surface area contributed by atoms with E-state index in [0.717, 1.165) is 36.3 Å². The minimum absolute atomic E-state index is 0.207. The molecule has 20 heavy (non-hydrogen) atoms. The summed E-state index contributed by atoms with van der Waals surface area (Å²) in [6.45, 7) is 7.61. The third kappa shape index (κ3) is 3.02. The number of fused-ring (bicyclic) bond motifs is 1. The number of hydrogen-bond acceptors (Lipinski definition) is 4. The second kappa shape index (κ2) is 7.15. The number of hydrogen-bond donors (Lipinski definition) is 2. The predicted octanol–water partition coefficient (Wildman–Crippen LogP) is 2.97. The number of rotatable bonds is 1. The molecule has 0 aliphatic carbocycles. The van der Waals surface area contributed by atoms with Gasteiger partial charge in [-0.15, -0.1) is 0 Å². The summed E-state index contributed by atoms with van der Waals surface area (Å²) in [4.78, 5) is 6.59. The first-order valence-corrected chi connectivity index (χ1v) is 7.77. The van der Waals surface area contributed by atoms with E-state index in [1.54, 1.807) is 12.4 Å². The standard InChI is InChI=1S/C12H14BrFN4.C2H6/c13-8-1-2-9(14)10-11(8)16-7-17-12(10)18-5-3-15-4-6-18;1-2/h1-2,7,12,15H,3-6H2,(H,16,17);1-2H3. The van der Waals surface area contributed by atoms with E-state index in [1.807, 2.05) is 13.8 Å². The molecule has 3 rings (SSSR count). The van der Waals surface area contributed by atoms with Crippen LogP contribution in [0.4, 0.5) is 10.1 Å². The molecule has 1 atom stereocenters. The fourth-order valence-electron chi connectivity index (χ4n) is 2.42. The molecule has 1 aromatic rings. The van der Waals surface area contributed by atoms with Gasteiger partial charge in [0.2, 0.25) is 0 Å². The summed E-state index contributed by atoms with van der Waals surface area (Å²) >= 11 is 3.45. The lowest BCUT2D eigenvalue weighted by molar-refractivity contribution is 0.176. The molecule has 0 bridgehead atoms. The van der Waals surface area contributed by atoms with E-state index in [4.69, 9.17) is 0 Å². The molecule has 0 spiro atoms. The van der Waals surface area contributed by atoms with Crippen LogP contribution < -0.4 is 10.6 Å². The lowest BCUT2D eigenvalue weighted by Gasteiger charge is -2.35. The average Bonchev–Trinajstić information content (AvgIpc) is 2.53. The Bertz CT molecular complexity index is 486. The number of piperazine rings is 1. The van der Waals surface area contributed by atoms with Crippen molar-refractivity contribution >= 4 is 28.0 Å². The van der Waals surface area contributed by atoms with Gasteiger partial charge in [-0.1, -0.05) is 13.8 Å². The number of anilines is 1. The summed E-state index contributed by atoms with van der Waals surface area (Å²) in [5, 5.41) is 6.31. The van der Waals surface area contributed by atoms with Crippen molar-refractivity contribution in [2.24, 2.45) is 4.99 Å². The number of nitrogens with zero attached hydrogens (tertiary/aromatic N) is 2. The van der Waals surface area contributed by atoms with E-state index in [9.17, 15) is 4.39 Å². The fourth-order valence-corrected chi connectivity index (χ4v) is 2.88. The minimum atomic E-state index is -0.221. The molecule has 1 fully saturated rings. The molecule has 4 nitrogen and oxygen atoms in total. The Kier molecular flexibility index (Phi) is 5.51. The second-order valence-corrected chi connectivity index (χ2v) is 5.25. The van der Waals surface area contributed by atoms with Gasteiger partial charge in [0, 0.05) is 30.7 Å². The van der Waals surface area contributed by atoms with Gasteiger partial charge in [-0.05, 0) is 28.1 Å². The Morgan fingerprint density at radius 2 is 2.00 bits per heavy atom. The zero-order chi connectivity index (χ0) is 14.5. The number of nitrogens with one attached hydrogen (secondary N) is 2. The van der Waals surface area contributed by atoms with Crippen LogP contribution in [0.5, 0.6) is 0 Å². The molecule has 2 aliphatic heterocycles. The van der Waals surface area contributed by atoms with Gasteiger partial charge in [-0.2, -0.15) is 0 Å². The topological polar surface area (TPSA) is 39.7 Å². The zero-order valence-corrected chi connectivity index (χ0v) is 13.4. The zero-order valence-electron chi connectivity index (χ0n) is 11.8. The van der Waals surface area contributed by atoms with Crippen LogP contribution in [0.25, 0.3) is 0 Å². The number of benzene rings is 1. The van der Waals surface area contributed by atoms with Crippen molar-refractivity contribution in [2.45, 2.75) is 20.0 Å². The van der Waals surface area contributed by atoms with Crippen molar-refractivity contribution < 1.29 is 4.39 Å². The average molecular weight is 343 g/mol. The van der Waals surface area contributed by atoms with Crippen LogP contribution in [0.15, 0.2) is 21.6 Å². The normalized spacial score (nSPS) is 21.5. The lowest BCUT2D eigenvalue weighted by Crippen LogP contribution is -2.45. The third-order valence-electron chi connectivity index (χ3n) is 3.32. The molecule has 0 saturated carbocycles. The van der Waals surface area contributed by atoms with Crippen LogP contribution >= 0.6 is 15.9 Å². The highest BCUT2D eigenvalue weighted by atomic mass is 79.9. The molecule has 2 heterocycles. The predicted molar refractivity (Wildman–Crippen MR) is 84.7 cm³/mol. The molecule has 1 saturated heterocycles. The maximum Gasteiger partial charge on any atom is 0.134 e. The molecule has 110 valence electrons. The SMILES string of the molecule is CC.Fc1ccc(Br)c2c1C(N1CCNCC1)N=CN2. The molecule has 1 unspecified atom stereocenters. The monoisotopic (exact) mass is 342 g/mol. The highest BCUT2D eigenvalue weighted by molar-refractivity contribution is 9.10. The number of aliphatic imine (C=N–C) groups is 1. The first kappa shape index (κ1) is 15.4. The highest BCUT2D eigenvalue weighted by Crippen LogP contribution is 2.38. The summed E-state index contributed by atoms with van der Waals surface area (Å²) in [5.74, 6) is -0.207. The molecule has 0 aromatic heterocycles. The maximum absolute atomic E-state index is 14.1. The first-order chi connectivity index (χ1) is 9.77. The number of halogens is 2. The van der Waals surface area contributed by atoms with Gasteiger partial charge in [0.15, 0.2) is 0 Å². The smallest absolute Gasteiger partial charge is 0.134 e. The molecule has 2 N–H and O–H groups in total. The fraction of sp³-hybridized carbons (Fsp3) is 0.500. The van der Waals surface area contributed by atoms with Crippen molar-refractivity contribution in [3.05, 3.63) is 28.0 Å². The Hall–Kier alpha value is -0.980. The Morgan fingerprint density at radius 1 is 1.30 bits per heavy atom. The van der Waals surface area contributed by atoms with Crippen LogP contribution in [-0.4, -0.2) is 37.4 Å². The molecule has 0 amide bonds. The molecule has 2 aliphatic rings. The maximum atomic E-state index is 14.1. The molecule has 0 radical (unpaired) electrons. The van der Waals surface area contributed by atoms with E-state index in [0.29, 0.717) is 5.56 Å². The van der Waals surface area contributed by atoms with Crippen LogP contribution in [0.3, 0.4) is 0 Å². The molecule has 1 aromatic carbocycles. The Balaban J connectivity index is 0.000000704. The second-order valence-electron chi connectivity index (χ2n) is 4.40. The summed E-state index contributed by atoms with van der Waals surface area (Å²) in [5.41, 5.74) is 1.42. The quantitative estimate of drug-likeness (QED) is 0.824. The largest absolute Gasteiger partial charge is 0.345 e. The van der Waals surface area contributed by atoms with Crippen LogP contribution in [0, 0.1) is 5.82 Å². The van der Waals surface area contributed by atoms with E-state index in [1.165, 1.54) is 6.07 Å². The van der Waals surface area contributed by atoms with Crippen molar-refractivity contribution in [2.75, 3.05) is 31.5 Å². The van der Waals surface area contributed by atoms with Gasteiger partial charge in [-0.3, -0.25) is 9.89 Å². The highest BCUT2D eigenvalue weighted by Gasteiger charge is 2.29. The summed E-state index contributed by atoms with van der Waals surface area (Å²) in [7, 11) is 0. The third-order valence-corrected chi connectivity index (χ3v) is 3.98. The van der Waals surface area contributed by atoms with Gasteiger partial charge in [0.25, 0.3) is 0 Å². The summed E-state index contributed by atoms with van der Waals surface area (Å²) < 4.78 is 14.9. The van der Waals surface area contributed by atoms with Crippen molar-refractivity contribution in [1.82, 2.24) is 10.2 Å². The van der Waals surface area contributed by atoms with Gasteiger partial charge in [-0.25, -0.2) is 4.39 Å². The van der Waals surface area contributed by atoms with Crippen molar-refractivity contribution in [3.8, 4) is 0 Å². The van der Waals surface area contributed by atoms with Crippen molar-refractivity contribution in [3.63, 3.8) is 0 Å². The van der Waals surface area contributed by atoms with Gasteiger partial charge in [0.05, 0.1) is 17.6 Å². The van der Waals surface area contributed by atoms with Crippen LogP contribution in [0.1, 0.15) is 25.6 Å². The van der Waals surface area contributed by atoms with E-state index in [2.05, 4.69) is 36.5 Å². The van der Waals surface area contributed by atoms with Gasteiger partial charge in [0.1, 0.15) is 12.0 Å². The minimum Gasteiger partial charge on any atom is -0.345 e. The Labute approximate surface area is 127 Å². The van der Waals surface area contributed by atoms with Gasteiger partial charge < -0.3 is 10.6 Å². The van der Waals surface area contributed by atoms with E-state index < -0.39 is 0 Å². The first-order valence-electron chi connectivity index (χ1n) is 6.98. The van der Waals surface area contributed by atoms with Crippen LogP contribution in [0.2, 0.25) is 0 Å². The van der Waals surface area contributed by atoms with Crippen LogP contribution in [-0.2, 0) is 0 Å². The lowest BCUT2D eigenvalue weighted by atomic mass is 10.1. The summed E-state index contributed by atoms with van der Waals surface area (Å²) in [6, 6.07) is 3.20. The van der Waals surface area contributed by atoms with E-state index >= 15 is 0 Å². The van der Waals surface area contributed by atoms with Gasteiger partial charge >= 0.3 is 0 Å². The Morgan fingerprint density at radius 3 is 2.70 bits per heavy atom. The molecular formula is C14H20BrFN4. The van der Waals surface area contributed by atoms with Crippen molar-refractivity contribution in [1.29, 1.82) is 0 Å².